The fraction of sp³-hybridized carbons (Fsp3) is 0.615. The first kappa shape index (κ1) is 31.7. The summed E-state index contributed by atoms with van der Waals surface area (Å²) >= 11 is 0. The zero-order valence-electron chi connectivity index (χ0n) is 21.4. The van der Waals surface area contributed by atoms with Gasteiger partial charge in [0, 0.05) is 11.1 Å². The molecule has 0 aliphatic carbocycles. The minimum atomic E-state index is -1.53. The SMILES string of the molecule is C=CC(C)(CC/C=C(\C)C(=O)O)O[C@@H]1O[C@H](CO)[C@@H](OC(C)(C=C)CC/C=C(/C)C(=O)O)[C@H](O)[C@H]1O. The van der Waals surface area contributed by atoms with E-state index in [1.807, 2.05) is 0 Å². The largest absolute Gasteiger partial charge is 0.478 e. The molecule has 1 aliphatic rings. The highest BCUT2D eigenvalue weighted by Gasteiger charge is 2.49. The van der Waals surface area contributed by atoms with Crippen molar-refractivity contribution < 1.29 is 49.3 Å². The quantitative estimate of drug-likeness (QED) is 0.163. The maximum atomic E-state index is 11.0. The lowest BCUT2D eigenvalue weighted by atomic mass is 9.94. The smallest absolute Gasteiger partial charge is 0.330 e. The fourth-order valence-electron chi connectivity index (χ4n) is 3.62. The molecule has 204 valence electrons. The summed E-state index contributed by atoms with van der Waals surface area (Å²) in [7, 11) is 0. The third-order valence-electron chi connectivity index (χ3n) is 6.33. The Morgan fingerprint density at radius 2 is 1.33 bits per heavy atom. The number of carboxylic acid groups (broad SMARTS) is 2. The first-order chi connectivity index (χ1) is 16.7. The van der Waals surface area contributed by atoms with E-state index >= 15 is 0 Å². The van der Waals surface area contributed by atoms with Gasteiger partial charge in [-0.25, -0.2) is 9.59 Å². The Morgan fingerprint density at radius 3 is 1.72 bits per heavy atom. The van der Waals surface area contributed by atoms with Gasteiger partial charge in [-0.15, -0.1) is 13.2 Å². The Bertz CT molecular complexity index is 848. The minimum absolute atomic E-state index is 0.185. The number of aliphatic hydroxyl groups is 3. The van der Waals surface area contributed by atoms with Crippen LogP contribution in [0.1, 0.15) is 53.4 Å². The van der Waals surface area contributed by atoms with E-state index in [9.17, 15) is 24.9 Å². The standard InChI is InChI=1S/C26H40O10/c1-7-25(5,13-9-11-16(3)22(30)31)35-21-18(15-27)34-24(20(29)19(21)28)36-26(6,8-2)14-10-12-17(4)23(32)33/h7-8,11-12,18-21,24,27-29H,1-2,9-10,13-15H2,3-6H3,(H,30,31)(H,32,33)/b16-11-,17-12+/t18-,19-,20-,21-,24+,25?,26?/m1/s1. The van der Waals surface area contributed by atoms with Crippen LogP contribution in [-0.4, -0.2) is 86.0 Å². The number of aliphatic hydroxyl groups excluding tert-OH is 3. The second-order valence-corrected chi connectivity index (χ2v) is 9.40. The highest BCUT2D eigenvalue weighted by Crippen LogP contribution is 2.33. The molecule has 0 spiro atoms. The number of hydrogen-bond donors (Lipinski definition) is 5. The molecule has 1 saturated heterocycles. The molecule has 0 aromatic carbocycles. The first-order valence-corrected chi connectivity index (χ1v) is 11.8. The van der Waals surface area contributed by atoms with Crippen molar-refractivity contribution in [1.29, 1.82) is 0 Å². The number of hydrogen-bond acceptors (Lipinski definition) is 8. The van der Waals surface area contributed by atoms with Crippen molar-refractivity contribution in [3.05, 3.63) is 48.6 Å². The highest BCUT2D eigenvalue weighted by atomic mass is 16.7. The zero-order valence-corrected chi connectivity index (χ0v) is 21.4. The highest BCUT2D eigenvalue weighted by molar-refractivity contribution is 5.86. The topological polar surface area (TPSA) is 163 Å². The molecule has 0 bridgehead atoms. The minimum Gasteiger partial charge on any atom is -0.478 e. The molecule has 10 heteroatoms. The summed E-state index contributed by atoms with van der Waals surface area (Å²) in [5.74, 6) is -2.05. The second kappa shape index (κ2) is 13.8. The van der Waals surface area contributed by atoms with Crippen LogP contribution in [0.15, 0.2) is 48.6 Å². The molecule has 36 heavy (non-hydrogen) atoms. The second-order valence-electron chi connectivity index (χ2n) is 9.40. The van der Waals surface area contributed by atoms with Gasteiger partial charge in [0.25, 0.3) is 0 Å². The van der Waals surface area contributed by atoms with E-state index in [1.54, 1.807) is 26.0 Å². The van der Waals surface area contributed by atoms with Crippen LogP contribution in [0.2, 0.25) is 0 Å². The van der Waals surface area contributed by atoms with E-state index in [0.29, 0.717) is 25.7 Å². The van der Waals surface area contributed by atoms with Crippen LogP contribution in [0.5, 0.6) is 0 Å². The summed E-state index contributed by atoms with van der Waals surface area (Å²) in [4.78, 5) is 22.0. The monoisotopic (exact) mass is 512 g/mol. The van der Waals surface area contributed by atoms with Crippen LogP contribution in [0, 0.1) is 0 Å². The van der Waals surface area contributed by atoms with E-state index in [0.717, 1.165) is 0 Å². The van der Waals surface area contributed by atoms with Gasteiger partial charge < -0.3 is 39.7 Å². The Hall–Kier alpha value is -2.34. The maximum absolute atomic E-state index is 11.0. The number of rotatable bonds is 15. The third-order valence-corrected chi connectivity index (χ3v) is 6.33. The van der Waals surface area contributed by atoms with Gasteiger partial charge in [-0.3, -0.25) is 0 Å². The summed E-state index contributed by atoms with van der Waals surface area (Å²) in [5.41, 5.74) is -1.68. The van der Waals surface area contributed by atoms with Crippen molar-refractivity contribution in [2.24, 2.45) is 0 Å². The maximum Gasteiger partial charge on any atom is 0.330 e. The summed E-state index contributed by atoms with van der Waals surface area (Å²) < 4.78 is 17.7. The van der Waals surface area contributed by atoms with Crippen molar-refractivity contribution in [3.63, 3.8) is 0 Å². The number of ether oxygens (including phenoxy) is 3. The molecule has 0 saturated carbocycles. The predicted octanol–water partition coefficient (Wildman–Crippen LogP) is 2.34. The lowest BCUT2D eigenvalue weighted by molar-refractivity contribution is -0.332. The van der Waals surface area contributed by atoms with Crippen molar-refractivity contribution >= 4 is 11.9 Å². The lowest BCUT2D eigenvalue weighted by Gasteiger charge is -2.46. The fourth-order valence-corrected chi connectivity index (χ4v) is 3.62. The van der Waals surface area contributed by atoms with E-state index in [4.69, 9.17) is 24.4 Å². The Labute approximate surface area is 212 Å². The van der Waals surface area contributed by atoms with E-state index in [-0.39, 0.29) is 11.1 Å². The normalized spacial score (nSPS) is 28.6. The van der Waals surface area contributed by atoms with Gasteiger partial charge in [0.1, 0.15) is 24.4 Å². The summed E-state index contributed by atoms with van der Waals surface area (Å²) in [6, 6.07) is 0. The number of allylic oxidation sites excluding steroid dienone is 2. The van der Waals surface area contributed by atoms with Crippen LogP contribution in [0.4, 0.5) is 0 Å². The Kier molecular flexibility index (Phi) is 12.2. The van der Waals surface area contributed by atoms with Crippen LogP contribution in [-0.2, 0) is 23.8 Å². The van der Waals surface area contributed by atoms with Crippen LogP contribution >= 0.6 is 0 Å². The molecule has 5 N–H and O–H groups in total. The molecule has 0 aromatic rings. The third kappa shape index (κ3) is 8.95. The molecule has 1 heterocycles. The van der Waals surface area contributed by atoms with Gasteiger partial charge in [0.15, 0.2) is 6.29 Å². The zero-order chi connectivity index (χ0) is 27.7. The predicted molar refractivity (Wildman–Crippen MR) is 132 cm³/mol. The van der Waals surface area contributed by atoms with Crippen LogP contribution in [0.3, 0.4) is 0 Å². The first-order valence-electron chi connectivity index (χ1n) is 11.8. The number of carbonyl (C=O) groups is 2. The van der Waals surface area contributed by atoms with Gasteiger partial charge in [0.2, 0.25) is 0 Å². The molecule has 1 aliphatic heterocycles. The molecule has 10 nitrogen and oxygen atoms in total. The van der Waals surface area contributed by atoms with Crippen molar-refractivity contribution in [2.45, 2.75) is 95.3 Å². The molecule has 1 fully saturated rings. The lowest BCUT2D eigenvalue weighted by Crippen LogP contribution is -2.62. The van der Waals surface area contributed by atoms with Gasteiger partial charge in [-0.2, -0.15) is 0 Å². The molecule has 2 unspecified atom stereocenters. The average Bonchev–Trinajstić information content (AvgIpc) is 2.83. The average molecular weight is 513 g/mol. The van der Waals surface area contributed by atoms with Crippen LogP contribution < -0.4 is 0 Å². The summed E-state index contributed by atoms with van der Waals surface area (Å²) in [6.07, 6.45) is 0.951. The molecule has 0 amide bonds. The van der Waals surface area contributed by atoms with Gasteiger partial charge >= 0.3 is 11.9 Å². The van der Waals surface area contributed by atoms with Crippen molar-refractivity contribution in [1.82, 2.24) is 0 Å². The molecular weight excluding hydrogens is 472 g/mol. The van der Waals surface area contributed by atoms with E-state index < -0.39 is 60.5 Å². The summed E-state index contributed by atoms with van der Waals surface area (Å²) in [6.45, 7) is 13.3. The molecule has 1 rings (SSSR count). The molecule has 0 radical (unpaired) electrons. The van der Waals surface area contributed by atoms with Crippen molar-refractivity contribution in [2.75, 3.05) is 6.61 Å². The molecule has 7 atom stereocenters. The van der Waals surface area contributed by atoms with E-state index in [1.165, 1.54) is 26.0 Å². The van der Waals surface area contributed by atoms with Crippen molar-refractivity contribution in [3.8, 4) is 0 Å². The van der Waals surface area contributed by atoms with Gasteiger partial charge in [-0.05, 0) is 53.4 Å². The summed E-state index contributed by atoms with van der Waals surface area (Å²) in [5, 5.41) is 49.6. The Balaban J connectivity index is 2.96. The molecule has 0 aromatic heterocycles. The van der Waals surface area contributed by atoms with E-state index in [2.05, 4.69) is 13.2 Å². The van der Waals surface area contributed by atoms with Crippen LogP contribution in [0.25, 0.3) is 0 Å². The number of carboxylic acids is 2. The molecular formula is C26H40O10. The van der Waals surface area contributed by atoms with Gasteiger partial charge in [0.05, 0.1) is 17.8 Å². The Morgan fingerprint density at radius 1 is 0.889 bits per heavy atom. The number of aliphatic carboxylic acids is 2. The van der Waals surface area contributed by atoms with Gasteiger partial charge in [-0.1, -0.05) is 24.3 Å².